The highest BCUT2D eigenvalue weighted by Gasteiger charge is 2.39. The molecule has 2 aliphatic rings. The van der Waals surface area contributed by atoms with Gasteiger partial charge in [-0.1, -0.05) is 58.0 Å². The topological polar surface area (TPSA) is 56.6 Å². The van der Waals surface area contributed by atoms with Crippen LogP contribution >= 0.6 is 27.7 Å². The summed E-state index contributed by atoms with van der Waals surface area (Å²) in [6.45, 7) is 0.438. The number of rotatable bonds is 3. The number of thioether (sulfide) groups is 1. The summed E-state index contributed by atoms with van der Waals surface area (Å²) in [6.07, 6.45) is 0.242. The van der Waals surface area contributed by atoms with Gasteiger partial charge in [0.15, 0.2) is 0 Å². The Labute approximate surface area is 199 Å². The van der Waals surface area contributed by atoms with Gasteiger partial charge in [-0.05, 0) is 41.1 Å². The number of benzene rings is 3. The lowest BCUT2D eigenvalue weighted by Gasteiger charge is -2.42. The summed E-state index contributed by atoms with van der Waals surface area (Å²) < 4.78 is 6.69. The van der Waals surface area contributed by atoms with E-state index in [9.17, 15) is 10.1 Å². The van der Waals surface area contributed by atoms with E-state index in [2.05, 4.69) is 26.9 Å². The first-order valence-electron chi connectivity index (χ1n) is 10.2. The van der Waals surface area contributed by atoms with Crippen molar-refractivity contribution in [1.29, 1.82) is 5.26 Å². The summed E-state index contributed by atoms with van der Waals surface area (Å²) in [5, 5.41) is 13.0. The predicted molar refractivity (Wildman–Crippen MR) is 131 cm³/mol. The van der Waals surface area contributed by atoms with Gasteiger partial charge in [0.25, 0.3) is 0 Å². The summed E-state index contributed by atoms with van der Waals surface area (Å²) >= 11 is 5.01. The molecule has 0 aliphatic carbocycles. The highest BCUT2D eigenvalue weighted by atomic mass is 79.9. The second-order valence-corrected chi connectivity index (χ2v) is 9.59. The van der Waals surface area contributed by atoms with Crippen LogP contribution in [0, 0.1) is 11.3 Å². The monoisotopic (exact) mass is 505 g/mol. The number of halogens is 1. The number of ether oxygens (including phenoxy) is 1. The molecule has 2 heterocycles. The molecule has 5 nitrogen and oxygen atoms in total. The molecule has 7 heteroatoms. The van der Waals surface area contributed by atoms with E-state index in [1.165, 1.54) is 0 Å². The molecule has 0 spiro atoms. The summed E-state index contributed by atoms with van der Waals surface area (Å²) in [5.74, 6) is 1.08. The average Bonchev–Trinajstić information content (AvgIpc) is 2.83. The average molecular weight is 506 g/mol. The van der Waals surface area contributed by atoms with E-state index >= 15 is 0 Å². The maximum absolute atomic E-state index is 13.3. The molecule has 2 aliphatic heterocycles. The van der Waals surface area contributed by atoms with Crippen molar-refractivity contribution in [2.24, 2.45) is 0 Å². The number of allylic oxidation sites excluding steroid dienone is 1. The van der Waals surface area contributed by atoms with E-state index in [4.69, 9.17) is 4.74 Å². The van der Waals surface area contributed by atoms with Gasteiger partial charge in [-0.15, -0.1) is 0 Å². The largest absolute Gasteiger partial charge is 0.496 e. The number of carbonyl (C=O) groups excluding carboxylic acids is 1. The van der Waals surface area contributed by atoms with Crippen LogP contribution in [0.25, 0.3) is 10.8 Å². The summed E-state index contributed by atoms with van der Waals surface area (Å²) in [4.78, 5) is 17.2. The predicted octanol–water partition coefficient (Wildman–Crippen LogP) is 5.83. The third-order valence-corrected chi connectivity index (χ3v) is 7.67. The van der Waals surface area contributed by atoms with Crippen LogP contribution in [0.4, 0.5) is 5.69 Å². The molecule has 1 fully saturated rings. The Morgan fingerprint density at radius 1 is 1.12 bits per heavy atom. The molecule has 1 atom stereocenters. The molecule has 3 aromatic rings. The Morgan fingerprint density at radius 3 is 2.66 bits per heavy atom. The maximum atomic E-state index is 13.3. The second kappa shape index (κ2) is 8.53. The van der Waals surface area contributed by atoms with Crippen molar-refractivity contribution in [1.82, 2.24) is 4.90 Å². The smallest absolute Gasteiger partial charge is 0.229 e. The zero-order valence-electron chi connectivity index (χ0n) is 17.4. The number of methoxy groups -OCH3 is 1. The number of nitriles is 1. The Balaban J connectivity index is 1.57. The lowest BCUT2D eigenvalue weighted by atomic mass is 9.83. The molecule has 0 N–H and O–H groups in total. The fourth-order valence-corrected chi connectivity index (χ4v) is 5.87. The van der Waals surface area contributed by atoms with Crippen LogP contribution in [0.5, 0.6) is 5.75 Å². The van der Waals surface area contributed by atoms with Gasteiger partial charge in [-0.3, -0.25) is 9.69 Å². The lowest BCUT2D eigenvalue weighted by molar-refractivity contribution is -0.129. The van der Waals surface area contributed by atoms with Crippen molar-refractivity contribution in [3.05, 3.63) is 81.3 Å². The van der Waals surface area contributed by atoms with Crippen LogP contribution in [-0.2, 0) is 4.79 Å². The van der Waals surface area contributed by atoms with Crippen LogP contribution in [0.15, 0.2) is 75.7 Å². The van der Waals surface area contributed by atoms with Crippen LogP contribution in [0.3, 0.4) is 0 Å². The minimum absolute atomic E-state index is 0.0216. The molecular formula is C25H20BrN3O2S. The molecule has 1 unspecified atom stereocenters. The van der Waals surface area contributed by atoms with E-state index in [0.29, 0.717) is 23.9 Å². The molecule has 5 rings (SSSR count). The van der Waals surface area contributed by atoms with E-state index in [-0.39, 0.29) is 18.2 Å². The number of carbonyl (C=O) groups is 1. The van der Waals surface area contributed by atoms with Gasteiger partial charge in [0.2, 0.25) is 5.91 Å². The van der Waals surface area contributed by atoms with Gasteiger partial charge < -0.3 is 9.64 Å². The molecule has 0 bridgehead atoms. The van der Waals surface area contributed by atoms with Gasteiger partial charge in [0.05, 0.1) is 36.3 Å². The Morgan fingerprint density at radius 2 is 1.91 bits per heavy atom. The van der Waals surface area contributed by atoms with Crippen molar-refractivity contribution in [3.63, 3.8) is 0 Å². The number of hydrogen-bond donors (Lipinski definition) is 0. The van der Waals surface area contributed by atoms with Crippen molar-refractivity contribution in [2.75, 3.05) is 24.6 Å². The molecule has 160 valence electrons. The third kappa shape index (κ3) is 3.54. The minimum Gasteiger partial charge on any atom is -0.496 e. The zero-order valence-corrected chi connectivity index (χ0v) is 19.8. The van der Waals surface area contributed by atoms with Crippen LogP contribution in [0.2, 0.25) is 0 Å². The van der Waals surface area contributed by atoms with Crippen molar-refractivity contribution < 1.29 is 9.53 Å². The standard InChI is InChI=1S/C25H20BrN3O2S/c1-31-22-11-6-16-4-2-3-5-19(16)24(22)20-12-23(30)29-14-28(15-32-25(29)21(20)13-27)18-9-7-17(26)8-10-18/h2-11,20H,12,14-15H2,1H3. The Kier molecular flexibility index (Phi) is 5.58. The van der Waals surface area contributed by atoms with Crippen LogP contribution in [-0.4, -0.2) is 30.5 Å². The van der Waals surface area contributed by atoms with Gasteiger partial charge in [0, 0.05) is 28.1 Å². The summed E-state index contributed by atoms with van der Waals surface area (Å²) in [5.41, 5.74) is 2.60. The number of nitrogens with zero attached hydrogens (tertiary/aromatic N) is 3. The number of anilines is 1. The minimum atomic E-state index is -0.327. The zero-order chi connectivity index (χ0) is 22.2. The van der Waals surface area contributed by atoms with Crippen molar-refractivity contribution in [3.8, 4) is 11.8 Å². The molecule has 0 radical (unpaired) electrons. The van der Waals surface area contributed by atoms with Gasteiger partial charge in [-0.25, -0.2) is 0 Å². The quantitative estimate of drug-likeness (QED) is 0.448. The van der Waals surface area contributed by atoms with E-state index in [0.717, 1.165) is 31.5 Å². The van der Waals surface area contributed by atoms with Crippen LogP contribution in [0.1, 0.15) is 17.9 Å². The number of hydrogen-bond acceptors (Lipinski definition) is 5. The highest BCUT2D eigenvalue weighted by Crippen LogP contribution is 2.47. The second-order valence-electron chi connectivity index (χ2n) is 7.74. The molecular weight excluding hydrogens is 486 g/mol. The van der Waals surface area contributed by atoms with E-state index in [1.54, 1.807) is 23.8 Å². The SMILES string of the molecule is COc1ccc2ccccc2c1C1CC(=O)N2CN(c3ccc(Br)cc3)CSC2=C1C#N. The first-order valence-corrected chi connectivity index (χ1v) is 12.0. The highest BCUT2D eigenvalue weighted by molar-refractivity contribution is 9.10. The van der Waals surface area contributed by atoms with E-state index < -0.39 is 0 Å². The molecule has 0 saturated carbocycles. The first-order chi connectivity index (χ1) is 15.6. The van der Waals surface area contributed by atoms with Crippen LogP contribution < -0.4 is 9.64 Å². The third-order valence-electron chi connectivity index (χ3n) is 5.98. The lowest BCUT2D eigenvalue weighted by Crippen LogP contribution is -2.47. The summed E-state index contributed by atoms with van der Waals surface area (Å²) in [7, 11) is 1.63. The fourth-order valence-electron chi connectivity index (χ4n) is 4.44. The molecule has 1 amide bonds. The fraction of sp³-hybridized carbons (Fsp3) is 0.200. The van der Waals surface area contributed by atoms with E-state index in [1.807, 2.05) is 60.7 Å². The van der Waals surface area contributed by atoms with Crippen molar-refractivity contribution >= 4 is 50.1 Å². The van der Waals surface area contributed by atoms with Crippen molar-refractivity contribution in [2.45, 2.75) is 12.3 Å². The van der Waals surface area contributed by atoms with Gasteiger partial charge in [-0.2, -0.15) is 5.26 Å². The van der Waals surface area contributed by atoms with Gasteiger partial charge >= 0.3 is 0 Å². The molecule has 3 aromatic carbocycles. The van der Waals surface area contributed by atoms with Gasteiger partial charge in [0.1, 0.15) is 5.75 Å². The number of amides is 1. The number of fused-ring (bicyclic) bond motifs is 2. The normalized spacial score (nSPS) is 18.5. The summed E-state index contributed by atoms with van der Waals surface area (Å²) in [6, 6.07) is 22.5. The molecule has 32 heavy (non-hydrogen) atoms. The Bertz CT molecular complexity index is 1280. The molecule has 1 saturated heterocycles. The Hall–Kier alpha value is -2.95. The first kappa shape index (κ1) is 20.9. The maximum Gasteiger partial charge on any atom is 0.229 e. The molecule has 0 aromatic heterocycles.